The normalized spacial score (nSPS) is 10.3. The molecule has 0 N–H and O–H groups in total. The van der Waals surface area contributed by atoms with Crippen LogP contribution in [0.1, 0.15) is 50.7 Å². The molecule has 0 atom stereocenters. The summed E-state index contributed by atoms with van der Waals surface area (Å²) in [4.78, 5) is 0. The van der Waals surface area contributed by atoms with E-state index in [0.717, 1.165) is 42.1 Å². The number of hydrogen-bond acceptors (Lipinski definition) is 2. The molecule has 0 unspecified atom stereocenters. The van der Waals surface area contributed by atoms with E-state index in [-0.39, 0.29) is 0 Å². The third-order valence-corrected chi connectivity index (χ3v) is 3.26. The fourth-order valence-corrected chi connectivity index (χ4v) is 2.13. The van der Waals surface area contributed by atoms with Crippen LogP contribution in [-0.4, -0.2) is 13.7 Å². The molecule has 0 aliphatic rings. The molecule has 0 saturated heterocycles. The number of methoxy groups -OCH3 is 1. The van der Waals surface area contributed by atoms with Gasteiger partial charge in [-0.15, -0.1) is 0 Å². The molecule has 2 heteroatoms. The second-order valence-electron chi connectivity index (χ2n) is 4.67. The molecule has 0 saturated carbocycles. The second kappa shape index (κ2) is 8.63. The summed E-state index contributed by atoms with van der Waals surface area (Å²) in [5.41, 5.74) is 2.18. The Morgan fingerprint density at radius 2 is 1.84 bits per heavy atom. The maximum atomic E-state index is 5.93. The molecule has 1 aromatic rings. The van der Waals surface area contributed by atoms with E-state index in [9.17, 15) is 0 Å². The first-order valence-corrected chi connectivity index (χ1v) is 7.22. The average Bonchev–Trinajstić information content (AvgIpc) is 2.45. The van der Waals surface area contributed by atoms with E-state index in [1.54, 1.807) is 7.11 Å². The number of benzene rings is 1. The standard InChI is InChI=1S/C17H26O2/c1-5-8-9-10-11-19-17-13-14(6-2)12-16(18-4)15(17)7-3/h6,12-13H,2,5,7-11H2,1,3-4H3. The van der Waals surface area contributed by atoms with Crippen LogP contribution in [0.3, 0.4) is 0 Å². The van der Waals surface area contributed by atoms with Crippen molar-refractivity contribution in [2.24, 2.45) is 0 Å². The van der Waals surface area contributed by atoms with E-state index in [2.05, 4.69) is 20.4 Å². The van der Waals surface area contributed by atoms with Crippen LogP contribution >= 0.6 is 0 Å². The summed E-state index contributed by atoms with van der Waals surface area (Å²) >= 11 is 0. The van der Waals surface area contributed by atoms with Gasteiger partial charge in [0.25, 0.3) is 0 Å². The van der Waals surface area contributed by atoms with E-state index < -0.39 is 0 Å². The van der Waals surface area contributed by atoms with Crippen molar-refractivity contribution >= 4 is 6.08 Å². The quantitative estimate of drug-likeness (QED) is 0.592. The average molecular weight is 262 g/mol. The van der Waals surface area contributed by atoms with Gasteiger partial charge in [0.1, 0.15) is 11.5 Å². The van der Waals surface area contributed by atoms with Gasteiger partial charge in [-0.05, 0) is 30.5 Å². The maximum absolute atomic E-state index is 5.93. The summed E-state index contributed by atoms with van der Waals surface area (Å²) in [6.45, 7) is 8.92. The molecule has 0 heterocycles. The van der Waals surface area contributed by atoms with Gasteiger partial charge in [0.15, 0.2) is 0 Å². The lowest BCUT2D eigenvalue weighted by Crippen LogP contribution is -2.02. The molecule has 0 aliphatic heterocycles. The molecule has 0 aromatic heterocycles. The monoisotopic (exact) mass is 262 g/mol. The first-order valence-electron chi connectivity index (χ1n) is 7.22. The predicted octanol–water partition coefficient (Wildman–Crippen LogP) is 4.86. The third-order valence-electron chi connectivity index (χ3n) is 3.26. The smallest absolute Gasteiger partial charge is 0.126 e. The summed E-state index contributed by atoms with van der Waals surface area (Å²) in [6, 6.07) is 4.06. The Morgan fingerprint density at radius 1 is 1.11 bits per heavy atom. The minimum atomic E-state index is 0.775. The van der Waals surface area contributed by atoms with E-state index in [4.69, 9.17) is 9.47 Å². The van der Waals surface area contributed by atoms with Gasteiger partial charge in [-0.25, -0.2) is 0 Å². The van der Waals surface area contributed by atoms with Crippen LogP contribution in [-0.2, 0) is 6.42 Å². The van der Waals surface area contributed by atoms with Crippen molar-refractivity contribution in [2.45, 2.75) is 46.0 Å². The van der Waals surface area contributed by atoms with Crippen molar-refractivity contribution < 1.29 is 9.47 Å². The first kappa shape index (κ1) is 15.6. The molecular formula is C17H26O2. The molecule has 0 radical (unpaired) electrons. The minimum absolute atomic E-state index is 0.775. The molecule has 1 aromatic carbocycles. The fourth-order valence-electron chi connectivity index (χ4n) is 2.13. The Labute approximate surface area is 117 Å². The van der Waals surface area contributed by atoms with Crippen molar-refractivity contribution in [3.63, 3.8) is 0 Å². The SMILES string of the molecule is C=Cc1cc(OC)c(CC)c(OCCCCCC)c1. The zero-order chi connectivity index (χ0) is 14.1. The van der Waals surface area contributed by atoms with Gasteiger partial charge in [-0.3, -0.25) is 0 Å². The maximum Gasteiger partial charge on any atom is 0.126 e. The van der Waals surface area contributed by atoms with Crippen molar-refractivity contribution in [1.29, 1.82) is 0 Å². The van der Waals surface area contributed by atoms with Gasteiger partial charge in [-0.1, -0.05) is 45.8 Å². The zero-order valence-corrected chi connectivity index (χ0v) is 12.5. The Balaban J connectivity index is 2.76. The summed E-state index contributed by atoms with van der Waals surface area (Å²) in [5, 5.41) is 0. The van der Waals surface area contributed by atoms with Crippen LogP contribution in [0.5, 0.6) is 11.5 Å². The Bertz CT molecular complexity index is 396. The molecule has 19 heavy (non-hydrogen) atoms. The fraction of sp³-hybridized carbons (Fsp3) is 0.529. The number of unbranched alkanes of at least 4 members (excludes halogenated alkanes) is 3. The molecule has 0 fully saturated rings. The highest BCUT2D eigenvalue weighted by Crippen LogP contribution is 2.31. The minimum Gasteiger partial charge on any atom is -0.496 e. The van der Waals surface area contributed by atoms with E-state index in [0.29, 0.717) is 0 Å². The zero-order valence-electron chi connectivity index (χ0n) is 12.5. The third kappa shape index (κ3) is 4.62. The second-order valence-corrected chi connectivity index (χ2v) is 4.67. The van der Waals surface area contributed by atoms with Gasteiger partial charge in [0.2, 0.25) is 0 Å². The highest BCUT2D eigenvalue weighted by Gasteiger charge is 2.10. The molecule has 0 bridgehead atoms. The van der Waals surface area contributed by atoms with Crippen LogP contribution in [0.4, 0.5) is 0 Å². The molecule has 0 amide bonds. The molecule has 0 aliphatic carbocycles. The Hall–Kier alpha value is -1.44. The van der Waals surface area contributed by atoms with Crippen molar-refractivity contribution in [3.05, 3.63) is 29.8 Å². The molecule has 2 nitrogen and oxygen atoms in total. The first-order chi connectivity index (χ1) is 9.26. The number of hydrogen-bond donors (Lipinski definition) is 0. The van der Waals surface area contributed by atoms with Gasteiger partial charge in [0.05, 0.1) is 13.7 Å². The number of ether oxygens (including phenoxy) is 2. The van der Waals surface area contributed by atoms with Gasteiger partial charge in [-0.2, -0.15) is 0 Å². The van der Waals surface area contributed by atoms with Gasteiger partial charge in [0, 0.05) is 5.56 Å². The van der Waals surface area contributed by atoms with Crippen LogP contribution in [0, 0.1) is 0 Å². The highest BCUT2D eigenvalue weighted by atomic mass is 16.5. The van der Waals surface area contributed by atoms with Gasteiger partial charge < -0.3 is 9.47 Å². The Morgan fingerprint density at radius 3 is 2.42 bits per heavy atom. The summed E-state index contributed by atoms with van der Waals surface area (Å²) in [5.74, 6) is 1.83. The molecule has 0 spiro atoms. The van der Waals surface area contributed by atoms with Crippen LogP contribution < -0.4 is 9.47 Å². The predicted molar refractivity (Wildman–Crippen MR) is 82.1 cm³/mol. The van der Waals surface area contributed by atoms with Crippen LogP contribution in [0.2, 0.25) is 0 Å². The molecular weight excluding hydrogens is 236 g/mol. The van der Waals surface area contributed by atoms with Gasteiger partial charge >= 0.3 is 0 Å². The Kier molecular flexibility index (Phi) is 7.09. The largest absolute Gasteiger partial charge is 0.496 e. The van der Waals surface area contributed by atoms with E-state index in [1.165, 1.54) is 19.3 Å². The summed E-state index contributed by atoms with van der Waals surface area (Å²) in [7, 11) is 1.70. The lowest BCUT2D eigenvalue weighted by Gasteiger charge is -2.15. The van der Waals surface area contributed by atoms with Crippen molar-refractivity contribution in [2.75, 3.05) is 13.7 Å². The van der Waals surface area contributed by atoms with E-state index >= 15 is 0 Å². The van der Waals surface area contributed by atoms with Crippen molar-refractivity contribution in [1.82, 2.24) is 0 Å². The molecule has 1 rings (SSSR count). The van der Waals surface area contributed by atoms with Crippen LogP contribution in [0.25, 0.3) is 6.08 Å². The lowest BCUT2D eigenvalue weighted by atomic mass is 10.1. The highest BCUT2D eigenvalue weighted by molar-refractivity contribution is 5.57. The summed E-state index contributed by atoms with van der Waals surface area (Å²) in [6.07, 6.45) is 7.60. The van der Waals surface area contributed by atoms with E-state index in [1.807, 2.05) is 18.2 Å². The van der Waals surface area contributed by atoms with Crippen molar-refractivity contribution in [3.8, 4) is 11.5 Å². The summed E-state index contributed by atoms with van der Waals surface area (Å²) < 4.78 is 11.4. The lowest BCUT2D eigenvalue weighted by molar-refractivity contribution is 0.299. The van der Waals surface area contributed by atoms with Crippen LogP contribution in [0.15, 0.2) is 18.7 Å². The topological polar surface area (TPSA) is 18.5 Å². The molecule has 106 valence electrons. The number of rotatable bonds is 9.